The third-order valence-corrected chi connectivity index (χ3v) is 10.2. The van der Waals surface area contributed by atoms with E-state index < -0.39 is 0 Å². The molecule has 0 heteroatoms. The monoisotopic (exact) mass is 320 g/mol. The predicted octanol–water partition coefficient (Wildman–Crippen LogP) is 6.13. The van der Waals surface area contributed by atoms with Gasteiger partial charge in [-0.2, -0.15) is 0 Å². The third-order valence-electron chi connectivity index (χ3n) is 10.2. The second-order valence-electron chi connectivity index (χ2n) is 11.6. The largest absolute Gasteiger partial charge is 0.0596 e. The van der Waals surface area contributed by atoms with Gasteiger partial charge in [-0.15, -0.1) is 0 Å². The van der Waals surface area contributed by atoms with Crippen molar-refractivity contribution < 1.29 is 0 Å². The summed E-state index contributed by atoms with van der Waals surface area (Å²) >= 11 is 0. The van der Waals surface area contributed by atoms with Gasteiger partial charge in [0.25, 0.3) is 0 Å². The molecule has 4 atom stereocenters. The van der Waals surface area contributed by atoms with Gasteiger partial charge in [-0.3, -0.25) is 0 Å². The van der Waals surface area contributed by atoms with Crippen LogP contribution in [0.25, 0.3) is 0 Å². The Kier molecular flexibility index (Phi) is 2.29. The van der Waals surface area contributed by atoms with Gasteiger partial charge in [-0.1, -0.05) is 50.6 Å². The zero-order valence-corrected chi connectivity index (χ0v) is 15.9. The number of hydrogen-bond donors (Lipinski definition) is 0. The van der Waals surface area contributed by atoms with E-state index in [9.17, 15) is 0 Å². The molecule has 0 radical (unpaired) electrons. The van der Waals surface area contributed by atoms with Crippen molar-refractivity contribution in [2.75, 3.05) is 0 Å². The van der Waals surface area contributed by atoms with Gasteiger partial charge in [0.2, 0.25) is 0 Å². The van der Waals surface area contributed by atoms with Crippen molar-refractivity contribution in [1.82, 2.24) is 0 Å². The molecule has 8 rings (SSSR count). The van der Waals surface area contributed by atoms with Crippen LogP contribution in [0, 0.1) is 46.8 Å². The Morgan fingerprint density at radius 1 is 0.708 bits per heavy atom. The van der Waals surface area contributed by atoms with E-state index in [2.05, 4.69) is 52.0 Å². The summed E-state index contributed by atoms with van der Waals surface area (Å²) < 4.78 is 0. The van der Waals surface area contributed by atoms with Crippen LogP contribution in [-0.4, -0.2) is 0 Å². The van der Waals surface area contributed by atoms with E-state index in [1.807, 2.05) is 0 Å². The Morgan fingerprint density at radius 3 is 1.79 bits per heavy atom. The van der Waals surface area contributed by atoms with Crippen LogP contribution in [0.4, 0.5) is 0 Å². The number of aryl methyl sites for hydroxylation is 1. The van der Waals surface area contributed by atoms with Gasteiger partial charge in [-0.25, -0.2) is 0 Å². The molecule has 1 aromatic carbocycles. The molecule has 128 valence electrons. The van der Waals surface area contributed by atoms with Gasteiger partial charge in [0, 0.05) is 0 Å². The van der Waals surface area contributed by atoms with Crippen LogP contribution in [0.2, 0.25) is 0 Å². The summed E-state index contributed by atoms with van der Waals surface area (Å²) in [5.74, 6) is 4.05. The van der Waals surface area contributed by atoms with E-state index in [0.29, 0.717) is 21.7 Å². The van der Waals surface area contributed by atoms with E-state index in [-0.39, 0.29) is 0 Å². The number of benzene rings is 1. The lowest BCUT2D eigenvalue weighted by Crippen LogP contribution is -2.75. The minimum atomic E-state index is 0.509. The second kappa shape index (κ2) is 3.81. The van der Waals surface area contributed by atoms with Crippen molar-refractivity contribution in [2.45, 2.75) is 71.6 Å². The summed E-state index contributed by atoms with van der Waals surface area (Å²) in [4.78, 5) is 0. The van der Waals surface area contributed by atoms with Crippen LogP contribution in [0.1, 0.15) is 70.4 Å². The minimum Gasteiger partial charge on any atom is -0.0596 e. The maximum Gasteiger partial charge on any atom is -0.00357 e. The minimum absolute atomic E-state index is 0.509. The summed E-state index contributed by atoms with van der Waals surface area (Å²) in [5, 5.41) is 0. The van der Waals surface area contributed by atoms with Crippen LogP contribution in [-0.2, 0) is 5.41 Å². The van der Waals surface area contributed by atoms with Gasteiger partial charge in [-0.05, 0) is 96.3 Å². The number of rotatable bonds is 1. The van der Waals surface area contributed by atoms with E-state index in [1.165, 1.54) is 44.1 Å². The molecule has 0 N–H and O–H groups in total. The van der Waals surface area contributed by atoms with Crippen molar-refractivity contribution >= 4 is 0 Å². The first-order valence-electron chi connectivity index (χ1n) is 10.4. The first kappa shape index (κ1) is 14.4. The zero-order chi connectivity index (χ0) is 16.5. The van der Waals surface area contributed by atoms with Crippen LogP contribution in [0.3, 0.4) is 0 Å². The predicted molar refractivity (Wildman–Crippen MR) is 98.8 cm³/mol. The highest BCUT2D eigenvalue weighted by Crippen LogP contribution is 2.84. The van der Waals surface area contributed by atoms with Crippen LogP contribution in [0.15, 0.2) is 24.3 Å². The van der Waals surface area contributed by atoms with Crippen molar-refractivity contribution in [3.8, 4) is 0 Å². The van der Waals surface area contributed by atoms with Gasteiger partial charge in [0.15, 0.2) is 0 Å². The standard InChI is InChI=1S/C24H32/c1-15-5-7-16(8-6-15)24-11-19-17-9-21(2)10-18(23(17,4)14-24)20(12-24)22(19,3)13-21/h5-8,17-20H,9-14H2,1-4H3. The van der Waals surface area contributed by atoms with Crippen molar-refractivity contribution in [3.05, 3.63) is 35.4 Å². The summed E-state index contributed by atoms with van der Waals surface area (Å²) in [6.45, 7) is 10.3. The van der Waals surface area contributed by atoms with E-state index in [1.54, 1.807) is 5.56 Å². The fraction of sp³-hybridized carbons (Fsp3) is 0.750. The van der Waals surface area contributed by atoms with Crippen LogP contribution < -0.4 is 0 Å². The summed E-state index contributed by atoms with van der Waals surface area (Å²) in [7, 11) is 0. The molecule has 8 bridgehead atoms. The lowest BCUT2D eigenvalue weighted by Gasteiger charge is -2.81. The van der Waals surface area contributed by atoms with E-state index >= 15 is 0 Å². The molecule has 7 aliphatic carbocycles. The zero-order valence-electron chi connectivity index (χ0n) is 15.9. The highest BCUT2D eigenvalue weighted by Gasteiger charge is 2.77. The molecule has 0 saturated heterocycles. The molecule has 0 heterocycles. The van der Waals surface area contributed by atoms with Crippen molar-refractivity contribution in [2.24, 2.45) is 39.9 Å². The molecular formula is C24H32. The fourth-order valence-corrected chi connectivity index (χ4v) is 9.67. The molecule has 7 aliphatic rings. The first-order valence-corrected chi connectivity index (χ1v) is 10.4. The highest BCUT2D eigenvalue weighted by molar-refractivity contribution is 5.37. The summed E-state index contributed by atoms with van der Waals surface area (Å²) in [6.07, 6.45) is 9.08. The van der Waals surface area contributed by atoms with Gasteiger partial charge >= 0.3 is 0 Å². The normalized spacial score (nSPS) is 59.3. The Morgan fingerprint density at radius 2 is 1.21 bits per heavy atom. The van der Waals surface area contributed by atoms with Crippen molar-refractivity contribution in [1.29, 1.82) is 0 Å². The molecule has 0 spiro atoms. The van der Waals surface area contributed by atoms with Gasteiger partial charge in [0.05, 0.1) is 0 Å². The van der Waals surface area contributed by atoms with Crippen LogP contribution >= 0.6 is 0 Å². The maximum absolute atomic E-state index is 2.72. The average Bonchev–Trinajstić information content (AvgIpc) is 2.52. The molecule has 0 aromatic heterocycles. The average molecular weight is 321 g/mol. The van der Waals surface area contributed by atoms with Gasteiger partial charge in [0.1, 0.15) is 0 Å². The molecule has 7 fully saturated rings. The molecule has 0 nitrogen and oxygen atoms in total. The first-order chi connectivity index (χ1) is 11.3. The van der Waals surface area contributed by atoms with Crippen molar-refractivity contribution in [3.63, 3.8) is 0 Å². The summed E-state index contributed by atoms with van der Waals surface area (Å²) in [5.41, 5.74) is 5.57. The lowest BCUT2D eigenvalue weighted by atomic mass is 9.23. The quantitative estimate of drug-likeness (QED) is 0.584. The van der Waals surface area contributed by atoms with Gasteiger partial charge < -0.3 is 0 Å². The SMILES string of the molecule is Cc1ccc(C23CC4C5CC6(C)CC(C(C2)C4(C)C6)C5(C)C3)cc1. The molecular weight excluding hydrogens is 288 g/mol. The Hall–Kier alpha value is -0.780. The summed E-state index contributed by atoms with van der Waals surface area (Å²) in [6, 6.07) is 9.68. The molecule has 7 saturated carbocycles. The Bertz CT molecular complexity index is 699. The third kappa shape index (κ3) is 1.38. The molecule has 4 unspecified atom stereocenters. The second-order valence-corrected chi connectivity index (χ2v) is 11.6. The molecule has 24 heavy (non-hydrogen) atoms. The Labute approximate surface area is 147 Å². The number of hydrogen-bond acceptors (Lipinski definition) is 0. The molecule has 1 aromatic rings. The topological polar surface area (TPSA) is 0 Å². The van der Waals surface area contributed by atoms with Crippen LogP contribution in [0.5, 0.6) is 0 Å². The Balaban J connectivity index is 1.52. The van der Waals surface area contributed by atoms with E-state index in [4.69, 9.17) is 0 Å². The smallest absolute Gasteiger partial charge is 0.00357 e. The lowest BCUT2D eigenvalue weighted by molar-refractivity contribution is -0.313. The molecule has 0 aliphatic heterocycles. The van der Waals surface area contributed by atoms with E-state index in [0.717, 1.165) is 23.7 Å². The molecule has 0 amide bonds. The maximum atomic E-state index is 2.72. The fourth-order valence-electron chi connectivity index (χ4n) is 9.67. The highest BCUT2D eigenvalue weighted by atomic mass is 14.8.